The molecule has 1 amide bonds. The molecule has 4 rings (SSSR count). The first kappa shape index (κ1) is 20.9. The molecule has 0 saturated carbocycles. The van der Waals surface area contributed by atoms with Crippen LogP contribution in [0.3, 0.4) is 0 Å². The van der Waals surface area contributed by atoms with E-state index in [0.717, 1.165) is 10.9 Å². The van der Waals surface area contributed by atoms with Crippen molar-refractivity contribution in [2.45, 2.75) is 0 Å². The number of para-hydroxylation sites is 1. The zero-order valence-corrected chi connectivity index (χ0v) is 17.6. The van der Waals surface area contributed by atoms with E-state index < -0.39 is 0 Å². The number of hydrazone groups is 1. The van der Waals surface area contributed by atoms with Crippen molar-refractivity contribution in [2.24, 2.45) is 5.10 Å². The van der Waals surface area contributed by atoms with Gasteiger partial charge >= 0.3 is 0 Å². The normalized spacial score (nSPS) is 11.3. The number of nitrogens with one attached hydrogen (secondary N) is 1. The number of carbonyl (C=O) groups excluding carboxylic acids is 1. The van der Waals surface area contributed by atoms with Crippen molar-refractivity contribution in [3.8, 4) is 22.8 Å². The van der Waals surface area contributed by atoms with E-state index in [0.29, 0.717) is 34.0 Å². The molecular weight excluding hydrogens is 406 g/mol. The number of furan rings is 1. The molecule has 160 valence electrons. The lowest BCUT2D eigenvalue weighted by Crippen LogP contribution is -2.18. The van der Waals surface area contributed by atoms with E-state index in [1.165, 1.54) is 6.21 Å². The molecule has 32 heavy (non-hydrogen) atoms. The van der Waals surface area contributed by atoms with Gasteiger partial charge in [-0.1, -0.05) is 18.2 Å². The summed E-state index contributed by atoms with van der Waals surface area (Å²) in [4.78, 5) is 17.7. The molecule has 2 heterocycles. The van der Waals surface area contributed by atoms with Gasteiger partial charge in [0.15, 0.2) is 0 Å². The van der Waals surface area contributed by atoms with Crippen LogP contribution >= 0.6 is 0 Å². The molecule has 2 aromatic heterocycles. The number of amides is 1. The molecule has 0 aliphatic carbocycles. The van der Waals surface area contributed by atoms with Gasteiger partial charge in [-0.25, -0.2) is 10.4 Å². The van der Waals surface area contributed by atoms with Crippen molar-refractivity contribution in [1.82, 2.24) is 10.4 Å². The number of pyridine rings is 1. The van der Waals surface area contributed by atoms with Crippen LogP contribution in [0.5, 0.6) is 11.5 Å². The summed E-state index contributed by atoms with van der Waals surface area (Å²) in [5.41, 5.74) is 5.00. The molecule has 0 radical (unpaired) electrons. The molecule has 1 N–H and O–H groups in total. The summed E-state index contributed by atoms with van der Waals surface area (Å²) in [7, 11) is 3.18. The fourth-order valence-corrected chi connectivity index (χ4v) is 3.24. The Labute approximate surface area is 185 Å². The molecule has 0 saturated heterocycles. The number of fused-ring (bicyclic) bond motifs is 1. The van der Waals surface area contributed by atoms with E-state index in [9.17, 15) is 4.79 Å². The third-order valence-corrected chi connectivity index (χ3v) is 4.77. The molecule has 0 bridgehead atoms. The monoisotopic (exact) mass is 427 g/mol. The standard InChI is InChI=1S/C25H21N3O4/c1-30-18-11-12-24(31-2)21(15-18)23-16-20(19-9-3-4-10-22(19)27-23)25(29)28-26-13-5-7-17-8-6-14-32-17/h3-16H,1-2H3,(H,28,29)/b7-5+,26-13+. The highest BCUT2D eigenvalue weighted by atomic mass is 16.5. The number of aromatic nitrogens is 1. The van der Waals surface area contributed by atoms with Crippen LogP contribution in [0.2, 0.25) is 0 Å². The summed E-state index contributed by atoms with van der Waals surface area (Å²) >= 11 is 0. The molecule has 4 aromatic rings. The number of methoxy groups -OCH3 is 2. The fourth-order valence-electron chi connectivity index (χ4n) is 3.24. The van der Waals surface area contributed by atoms with Gasteiger partial charge in [0.25, 0.3) is 5.91 Å². The van der Waals surface area contributed by atoms with Crippen LogP contribution in [0.1, 0.15) is 16.1 Å². The maximum atomic E-state index is 13.0. The quantitative estimate of drug-likeness (QED) is 0.333. The first-order chi connectivity index (χ1) is 15.7. The third kappa shape index (κ3) is 4.52. The van der Waals surface area contributed by atoms with Crippen molar-refractivity contribution in [2.75, 3.05) is 14.2 Å². The zero-order chi connectivity index (χ0) is 22.3. The SMILES string of the molecule is COc1ccc(OC)c(-c2cc(C(=O)N/N=C/C=C/c3ccco3)c3ccccc3n2)c1. The average molecular weight is 427 g/mol. The number of benzene rings is 2. The first-order valence-corrected chi connectivity index (χ1v) is 9.85. The smallest absolute Gasteiger partial charge is 0.272 e. The number of ether oxygens (including phenoxy) is 2. The number of carbonyl (C=O) groups is 1. The van der Waals surface area contributed by atoms with Crippen molar-refractivity contribution in [3.05, 3.63) is 84.3 Å². The maximum Gasteiger partial charge on any atom is 0.272 e. The van der Waals surface area contributed by atoms with Crippen LogP contribution < -0.4 is 14.9 Å². The van der Waals surface area contributed by atoms with Gasteiger partial charge in [-0.15, -0.1) is 0 Å². The Morgan fingerprint density at radius 1 is 1.06 bits per heavy atom. The van der Waals surface area contributed by atoms with Gasteiger partial charge in [0.05, 0.1) is 37.3 Å². The fraction of sp³-hybridized carbons (Fsp3) is 0.0800. The van der Waals surface area contributed by atoms with E-state index in [4.69, 9.17) is 18.9 Å². The van der Waals surface area contributed by atoms with Gasteiger partial charge < -0.3 is 13.9 Å². The highest BCUT2D eigenvalue weighted by Gasteiger charge is 2.16. The molecule has 7 heteroatoms. The second-order valence-corrected chi connectivity index (χ2v) is 6.73. The van der Waals surface area contributed by atoms with E-state index in [-0.39, 0.29) is 5.91 Å². The molecule has 0 spiro atoms. The van der Waals surface area contributed by atoms with Crippen LogP contribution in [0.4, 0.5) is 0 Å². The predicted octanol–water partition coefficient (Wildman–Crippen LogP) is 4.94. The molecule has 0 fully saturated rings. The molecule has 0 aliphatic rings. The lowest BCUT2D eigenvalue weighted by atomic mass is 10.0. The van der Waals surface area contributed by atoms with Crippen molar-refractivity contribution >= 4 is 29.1 Å². The predicted molar refractivity (Wildman–Crippen MR) is 124 cm³/mol. The van der Waals surface area contributed by atoms with Gasteiger partial charge in [0.1, 0.15) is 17.3 Å². The van der Waals surface area contributed by atoms with Gasteiger partial charge in [-0.05, 0) is 54.6 Å². The molecule has 0 aliphatic heterocycles. The van der Waals surface area contributed by atoms with Crippen LogP contribution in [-0.4, -0.2) is 31.3 Å². The Morgan fingerprint density at radius 3 is 2.72 bits per heavy atom. The van der Waals surface area contributed by atoms with Gasteiger partial charge in [-0.3, -0.25) is 4.79 Å². The van der Waals surface area contributed by atoms with E-state index in [2.05, 4.69) is 10.5 Å². The summed E-state index contributed by atoms with van der Waals surface area (Å²) < 4.78 is 16.1. The summed E-state index contributed by atoms with van der Waals surface area (Å²) in [6, 6.07) is 18.2. The van der Waals surface area contributed by atoms with Crippen LogP contribution in [0.15, 0.2) is 82.5 Å². The van der Waals surface area contributed by atoms with Crippen molar-refractivity contribution in [3.63, 3.8) is 0 Å². The summed E-state index contributed by atoms with van der Waals surface area (Å²) in [6.45, 7) is 0. The second-order valence-electron chi connectivity index (χ2n) is 6.73. The number of rotatable bonds is 7. The van der Waals surface area contributed by atoms with E-state index >= 15 is 0 Å². The van der Waals surface area contributed by atoms with Crippen LogP contribution in [0.25, 0.3) is 28.2 Å². The maximum absolute atomic E-state index is 13.0. The molecule has 0 unspecified atom stereocenters. The Kier molecular flexibility index (Phi) is 6.27. The number of allylic oxidation sites excluding steroid dienone is 1. The van der Waals surface area contributed by atoms with Gasteiger partial charge in [0, 0.05) is 17.2 Å². The Bertz CT molecular complexity index is 1290. The third-order valence-electron chi connectivity index (χ3n) is 4.77. The number of hydrogen-bond acceptors (Lipinski definition) is 6. The number of hydrogen-bond donors (Lipinski definition) is 1. The van der Waals surface area contributed by atoms with Gasteiger partial charge in [0.2, 0.25) is 0 Å². The lowest BCUT2D eigenvalue weighted by molar-refractivity contribution is 0.0956. The first-order valence-electron chi connectivity index (χ1n) is 9.85. The molecule has 7 nitrogen and oxygen atoms in total. The largest absolute Gasteiger partial charge is 0.497 e. The summed E-state index contributed by atoms with van der Waals surface area (Å²) in [5, 5.41) is 4.72. The Morgan fingerprint density at radius 2 is 1.94 bits per heavy atom. The van der Waals surface area contributed by atoms with Crippen LogP contribution in [-0.2, 0) is 0 Å². The Balaban J connectivity index is 1.68. The van der Waals surface area contributed by atoms with Crippen molar-refractivity contribution in [1.29, 1.82) is 0 Å². The van der Waals surface area contributed by atoms with Crippen molar-refractivity contribution < 1.29 is 18.7 Å². The topological polar surface area (TPSA) is 86.0 Å². The minimum Gasteiger partial charge on any atom is -0.497 e. The second kappa shape index (κ2) is 9.61. The van der Waals surface area contributed by atoms with Crippen LogP contribution in [0, 0.1) is 0 Å². The van der Waals surface area contributed by atoms with Gasteiger partial charge in [-0.2, -0.15) is 5.10 Å². The minimum atomic E-state index is -0.352. The molecular formula is C25H21N3O4. The zero-order valence-electron chi connectivity index (χ0n) is 17.6. The Hall–Kier alpha value is -4.39. The average Bonchev–Trinajstić information content (AvgIpc) is 3.36. The number of nitrogens with zero attached hydrogens (tertiary/aromatic N) is 2. The molecule has 2 aromatic carbocycles. The summed E-state index contributed by atoms with van der Waals surface area (Å²) in [6.07, 6.45) is 6.48. The highest BCUT2D eigenvalue weighted by molar-refractivity contribution is 6.07. The molecule has 0 atom stereocenters. The highest BCUT2D eigenvalue weighted by Crippen LogP contribution is 2.34. The summed E-state index contributed by atoms with van der Waals surface area (Å²) in [5.74, 6) is 1.63. The van der Waals surface area contributed by atoms with E-state index in [1.54, 1.807) is 50.8 Å². The van der Waals surface area contributed by atoms with E-state index in [1.807, 2.05) is 42.5 Å². The lowest BCUT2D eigenvalue weighted by Gasteiger charge is -2.13. The minimum absolute atomic E-state index is 0.352.